The van der Waals surface area contributed by atoms with Crippen molar-refractivity contribution in [2.75, 3.05) is 21.7 Å². The van der Waals surface area contributed by atoms with Gasteiger partial charge >= 0.3 is 0 Å². The van der Waals surface area contributed by atoms with Gasteiger partial charge in [-0.05, 0) is 36.8 Å². The molecule has 186 valence electrons. The van der Waals surface area contributed by atoms with E-state index < -0.39 is 23.3 Å². The fourth-order valence-corrected chi connectivity index (χ4v) is 6.15. The second kappa shape index (κ2) is 8.67. The Morgan fingerprint density at radius 3 is 2.24 bits per heavy atom. The molecule has 3 heterocycles. The fourth-order valence-electron chi connectivity index (χ4n) is 6.15. The van der Waals surface area contributed by atoms with Crippen LogP contribution in [0.3, 0.4) is 0 Å². The largest absolute Gasteiger partial charge is 0.325 e. The molecule has 2 saturated heterocycles. The van der Waals surface area contributed by atoms with Gasteiger partial charge in [0, 0.05) is 23.0 Å². The monoisotopic (exact) mass is 494 g/mol. The smallest absolute Gasteiger partial charge is 0.253 e. The Balaban J connectivity index is 1.40. The maximum absolute atomic E-state index is 14.3. The summed E-state index contributed by atoms with van der Waals surface area (Å²) in [6, 6.07) is 24.7. The highest BCUT2D eigenvalue weighted by Gasteiger charge is 2.71. The standard InChI is InChI=1S/C29H26N4O4/c1-2-21-24-25(27(36)33(26(24)35)19-13-7-4-8-14-19)29(31-21)20-15-9-10-16-22(20)32(28(29)37)17-23(34)30-18-11-5-3-6-12-18/h3-16,21,24-25,31H,2,17H2,1H3,(H,30,34)/t21-,24+,25-,29-/m0/s1. The first-order valence-electron chi connectivity index (χ1n) is 12.4. The molecule has 0 bridgehead atoms. The van der Waals surface area contributed by atoms with Gasteiger partial charge in [-0.25, -0.2) is 4.90 Å². The highest BCUT2D eigenvalue weighted by molar-refractivity contribution is 6.26. The summed E-state index contributed by atoms with van der Waals surface area (Å²) >= 11 is 0. The molecule has 1 spiro atoms. The van der Waals surface area contributed by atoms with Crippen molar-refractivity contribution in [3.05, 3.63) is 90.5 Å². The number of para-hydroxylation sites is 3. The first kappa shape index (κ1) is 23.1. The van der Waals surface area contributed by atoms with Crippen LogP contribution < -0.4 is 20.4 Å². The average Bonchev–Trinajstić information content (AvgIpc) is 3.49. The molecule has 2 N–H and O–H groups in total. The van der Waals surface area contributed by atoms with E-state index in [9.17, 15) is 19.2 Å². The number of nitrogens with zero attached hydrogens (tertiary/aromatic N) is 2. The molecule has 6 rings (SSSR count). The summed E-state index contributed by atoms with van der Waals surface area (Å²) in [5.74, 6) is -3.05. The summed E-state index contributed by atoms with van der Waals surface area (Å²) in [6.45, 7) is 1.72. The van der Waals surface area contributed by atoms with Crippen LogP contribution in [0, 0.1) is 11.8 Å². The molecule has 8 nitrogen and oxygen atoms in total. The molecule has 3 aromatic carbocycles. The van der Waals surface area contributed by atoms with E-state index in [4.69, 9.17) is 0 Å². The summed E-state index contributed by atoms with van der Waals surface area (Å²) in [7, 11) is 0. The van der Waals surface area contributed by atoms with E-state index in [0.717, 1.165) is 0 Å². The van der Waals surface area contributed by atoms with Gasteiger partial charge in [0.1, 0.15) is 12.1 Å². The van der Waals surface area contributed by atoms with Gasteiger partial charge in [0.15, 0.2) is 0 Å². The number of benzene rings is 3. The molecule has 0 unspecified atom stereocenters. The average molecular weight is 495 g/mol. The van der Waals surface area contributed by atoms with Gasteiger partial charge < -0.3 is 10.2 Å². The summed E-state index contributed by atoms with van der Waals surface area (Å²) in [6.07, 6.45) is 0.564. The van der Waals surface area contributed by atoms with Gasteiger partial charge in [-0.1, -0.05) is 61.5 Å². The SMILES string of the molecule is CC[C@@H]1N[C@]2(C(=O)N(CC(=O)Nc3ccccc3)c3ccccc32)[C@@H]2C(=O)N(c3ccccc3)C(=O)[C@H]12. The van der Waals surface area contributed by atoms with Crippen LogP contribution in [0.4, 0.5) is 17.1 Å². The number of carbonyl (C=O) groups is 4. The van der Waals surface area contributed by atoms with Gasteiger partial charge in [0.2, 0.25) is 17.7 Å². The molecular weight excluding hydrogens is 468 g/mol. The maximum Gasteiger partial charge on any atom is 0.253 e. The van der Waals surface area contributed by atoms with E-state index in [2.05, 4.69) is 10.6 Å². The molecule has 0 aliphatic carbocycles. The Bertz CT molecular complexity index is 1410. The van der Waals surface area contributed by atoms with Crippen molar-refractivity contribution in [3.63, 3.8) is 0 Å². The zero-order valence-corrected chi connectivity index (χ0v) is 20.3. The van der Waals surface area contributed by atoms with Crippen LogP contribution in [0.25, 0.3) is 0 Å². The quantitative estimate of drug-likeness (QED) is 0.532. The molecule has 4 amide bonds. The van der Waals surface area contributed by atoms with E-state index in [1.165, 1.54) is 9.80 Å². The number of nitrogens with one attached hydrogen (secondary N) is 2. The second-order valence-corrected chi connectivity index (χ2v) is 9.64. The number of hydrogen-bond acceptors (Lipinski definition) is 5. The molecule has 0 aromatic heterocycles. The minimum atomic E-state index is -1.43. The molecule has 4 atom stereocenters. The minimum absolute atomic E-state index is 0.215. The number of carbonyl (C=O) groups excluding carboxylic acids is 4. The normalized spacial score (nSPS) is 26.1. The van der Waals surface area contributed by atoms with Gasteiger partial charge in [0.25, 0.3) is 5.91 Å². The van der Waals surface area contributed by atoms with Gasteiger partial charge in [-0.15, -0.1) is 0 Å². The lowest BCUT2D eigenvalue weighted by Gasteiger charge is -2.30. The topological polar surface area (TPSA) is 98.8 Å². The molecule has 0 saturated carbocycles. The first-order valence-corrected chi connectivity index (χ1v) is 12.4. The zero-order chi connectivity index (χ0) is 25.7. The van der Waals surface area contributed by atoms with Crippen LogP contribution >= 0.6 is 0 Å². The Labute approximate surface area is 214 Å². The highest BCUT2D eigenvalue weighted by Crippen LogP contribution is 2.55. The Morgan fingerprint density at radius 1 is 0.892 bits per heavy atom. The lowest BCUT2D eigenvalue weighted by atomic mass is 9.76. The summed E-state index contributed by atoms with van der Waals surface area (Å²) in [4.78, 5) is 57.5. The molecule has 8 heteroatoms. The minimum Gasteiger partial charge on any atom is -0.325 e. The maximum atomic E-state index is 14.3. The van der Waals surface area contributed by atoms with Crippen molar-refractivity contribution in [1.82, 2.24) is 5.32 Å². The predicted molar refractivity (Wildman–Crippen MR) is 139 cm³/mol. The van der Waals surface area contributed by atoms with Gasteiger partial charge in [-0.3, -0.25) is 24.5 Å². The third kappa shape index (κ3) is 3.33. The van der Waals surface area contributed by atoms with Crippen molar-refractivity contribution in [3.8, 4) is 0 Å². The van der Waals surface area contributed by atoms with Crippen LogP contribution in [0.1, 0.15) is 18.9 Å². The number of rotatable bonds is 5. The van der Waals surface area contributed by atoms with Crippen LogP contribution in [0.2, 0.25) is 0 Å². The predicted octanol–water partition coefficient (Wildman–Crippen LogP) is 3.05. The van der Waals surface area contributed by atoms with Gasteiger partial charge in [0.05, 0.1) is 17.5 Å². The van der Waals surface area contributed by atoms with E-state index in [1.807, 2.05) is 43.3 Å². The highest BCUT2D eigenvalue weighted by atomic mass is 16.2. The van der Waals surface area contributed by atoms with E-state index in [0.29, 0.717) is 29.0 Å². The number of imide groups is 1. The number of hydrogen-bond donors (Lipinski definition) is 2. The Morgan fingerprint density at radius 2 is 1.54 bits per heavy atom. The number of fused-ring (bicyclic) bond motifs is 4. The first-order chi connectivity index (χ1) is 18.0. The van der Waals surface area contributed by atoms with E-state index in [1.54, 1.807) is 48.5 Å². The lowest BCUT2D eigenvalue weighted by molar-refractivity contribution is -0.132. The lowest BCUT2D eigenvalue weighted by Crippen LogP contribution is -2.55. The Kier molecular flexibility index (Phi) is 5.42. The summed E-state index contributed by atoms with van der Waals surface area (Å²) < 4.78 is 0. The van der Waals surface area contributed by atoms with Crippen LogP contribution in [0.15, 0.2) is 84.9 Å². The van der Waals surface area contributed by atoms with Crippen LogP contribution in [-0.2, 0) is 24.7 Å². The second-order valence-electron chi connectivity index (χ2n) is 9.64. The molecule has 3 aromatic rings. The van der Waals surface area contributed by atoms with Crippen molar-refractivity contribution < 1.29 is 19.2 Å². The third-order valence-electron chi connectivity index (χ3n) is 7.68. The van der Waals surface area contributed by atoms with Gasteiger partial charge in [-0.2, -0.15) is 0 Å². The fraction of sp³-hybridized carbons (Fsp3) is 0.241. The summed E-state index contributed by atoms with van der Waals surface area (Å²) in [5, 5.41) is 6.25. The molecule has 0 radical (unpaired) electrons. The molecule has 37 heavy (non-hydrogen) atoms. The molecule has 2 fully saturated rings. The van der Waals surface area contributed by atoms with Crippen LogP contribution in [0.5, 0.6) is 0 Å². The van der Waals surface area contributed by atoms with E-state index in [-0.39, 0.29) is 30.3 Å². The molecule has 3 aliphatic heterocycles. The van der Waals surface area contributed by atoms with Crippen molar-refractivity contribution in [1.29, 1.82) is 0 Å². The van der Waals surface area contributed by atoms with Crippen LogP contribution in [-0.4, -0.2) is 36.2 Å². The van der Waals surface area contributed by atoms with Crippen molar-refractivity contribution in [2.45, 2.75) is 24.9 Å². The number of amides is 4. The third-order valence-corrected chi connectivity index (χ3v) is 7.68. The van der Waals surface area contributed by atoms with Crippen molar-refractivity contribution >= 4 is 40.7 Å². The molecule has 3 aliphatic rings. The molecular formula is C29H26N4O4. The number of anilines is 3. The van der Waals surface area contributed by atoms with E-state index >= 15 is 0 Å². The zero-order valence-electron chi connectivity index (χ0n) is 20.3. The van der Waals surface area contributed by atoms with Crippen molar-refractivity contribution in [2.24, 2.45) is 11.8 Å². The summed E-state index contributed by atoms with van der Waals surface area (Å²) in [5.41, 5.74) is 0.884. The Hall–Kier alpha value is -4.30.